The van der Waals surface area contributed by atoms with Crippen LogP contribution in [-0.4, -0.2) is 38.1 Å². The lowest BCUT2D eigenvalue weighted by molar-refractivity contribution is -0.114. The Morgan fingerprint density at radius 2 is 1.76 bits per heavy atom. The summed E-state index contributed by atoms with van der Waals surface area (Å²) in [5.74, 6) is 0.216. The number of hydrogen-bond acceptors (Lipinski definition) is 5. The molecule has 1 amide bonds. The molecule has 0 saturated carbocycles. The molecule has 0 unspecified atom stereocenters. The number of anilines is 3. The molecule has 0 aromatic heterocycles. The number of nitrogens with one attached hydrogen (secondary N) is 2. The van der Waals surface area contributed by atoms with Gasteiger partial charge in [-0.05, 0) is 62.1 Å². The van der Waals surface area contributed by atoms with Crippen LogP contribution in [-0.2, 0) is 9.53 Å². The third kappa shape index (κ3) is 5.73. The fourth-order valence-electron chi connectivity index (χ4n) is 3.43. The van der Waals surface area contributed by atoms with Crippen molar-refractivity contribution in [2.75, 3.05) is 41.8 Å². The molecule has 154 valence electrons. The summed E-state index contributed by atoms with van der Waals surface area (Å²) < 4.78 is 5.05. The molecule has 6 heteroatoms. The van der Waals surface area contributed by atoms with E-state index in [2.05, 4.69) is 34.6 Å². The van der Waals surface area contributed by atoms with E-state index in [4.69, 9.17) is 4.74 Å². The molecule has 1 heterocycles. The molecule has 1 aliphatic rings. The molecule has 6 nitrogen and oxygen atoms in total. The maximum Gasteiger partial charge on any atom is 0.340 e. The van der Waals surface area contributed by atoms with Gasteiger partial charge in [0, 0.05) is 30.2 Å². The first kappa shape index (κ1) is 20.7. The predicted molar refractivity (Wildman–Crippen MR) is 117 cm³/mol. The molecule has 2 aromatic rings. The average molecular weight is 396 g/mol. The topological polar surface area (TPSA) is 70.7 Å². The minimum Gasteiger partial charge on any atom is -0.462 e. The number of rotatable bonds is 7. The summed E-state index contributed by atoms with van der Waals surface area (Å²) in [5, 5.41) is 5.91. The monoisotopic (exact) mass is 395 g/mol. The quantitative estimate of drug-likeness (QED) is 0.689. The molecule has 2 aromatic carbocycles. The minimum atomic E-state index is -0.404. The van der Waals surface area contributed by atoms with Gasteiger partial charge in [0.05, 0.1) is 18.7 Å². The van der Waals surface area contributed by atoms with Crippen LogP contribution in [0.4, 0.5) is 17.1 Å². The highest BCUT2D eigenvalue weighted by Gasteiger charge is 2.16. The van der Waals surface area contributed by atoms with E-state index in [1.165, 1.54) is 18.5 Å². The van der Waals surface area contributed by atoms with E-state index in [-0.39, 0.29) is 12.5 Å². The van der Waals surface area contributed by atoms with E-state index in [1.807, 2.05) is 18.2 Å². The van der Waals surface area contributed by atoms with Crippen LogP contribution in [0, 0.1) is 5.92 Å². The van der Waals surface area contributed by atoms with Gasteiger partial charge in [-0.1, -0.05) is 19.1 Å². The van der Waals surface area contributed by atoms with Crippen LogP contribution in [0.15, 0.2) is 48.5 Å². The number of nitrogens with zero attached hydrogens (tertiary/aromatic N) is 1. The van der Waals surface area contributed by atoms with Crippen LogP contribution in [0.3, 0.4) is 0 Å². The standard InChI is InChI=1S/C23H29N3O3/c1-3-29-23(28)20-6-4-5-7-21(20)24-16-22(27)25-18-8-10-19(11-9-18)26-14-12-17(2)13-15-26/h4-11,17,24H,3,12-16H2,1-2H3,(H,25,27). The lowest BCUT2D eigenvalue weighted by atomic mass is 9.99. The van der Waals surface area contributed by atoms with Gasteiger partial charge >= 0.3 is 5.97 Å². The van der Waals surface area contributed by atoms with Crippen LogP contribution in [0.1, 0.15) is 37.0 Å². The van der Waals surface area contributed by atoms with Crippen LogP contribution in [0.2, 0.25) is 0 Å². The molecule has 29 heavy (non-hydrogen) atoms. The van der Waals surface area contributed by atoms with Crippen LogP contribution in [0.5, 0.6) is 0 Å². The van der Waals surface area contributed by atoms with Crippen molar-refractivity contribution in [1.82, 2.24) is 0 Å². The number of esters is 1. The maximum absolute atomic E-state index is 12.3. The van der Waals surface area contributed by atoms with Gasteiger partial charge in [-0.15, -0.1) is 0 Å². The highest BCUT2D eigenvalue weighted by Crippen LogP contribution is 2.24. The van der Waals surface area contributed by atoms with Gasteiger partial charge in [-0.3, -0.25) is 4.79 Å². The summed E-state index contributed by atoms with van der Waals surface area (Å²) in [5.41, 5.74) is 2.94. The smallest absolute Gasteiger partial charge is 0.340 e. The highest BCUT2D eigenvalue weighted by molar-refractivity contribution is 5.98. The Balaban J connectivity index is 1.53. The normalized spacial score (nSPS) is 14.3. The summed E-state index contributed by atoms with van der Waals surface area (Å²) in [6, 6.07) is 15.0. The van der Waals surface area contributed by atoms with Crippen LogP contribution < -0.4 is 15.5 Å². The van der Waals surface area contributed by atoms with Gasteiger partial charge in [0.1, 0.15) is 0 Å². The summed E-state index contributed by atoms with van der Waals surface area (Å²) >= 11 is 0. The SMILES string of the molecule is CCOC(=O)c1ccccc1NCC(=O)Nc1ccc(N2CCC(C)CC2)cc1. The van der Waals surface area contributed by atoms with E-state index in [0.29, 0.717) is 17.9 Å². The second kappa shape index (κ2) is 9.96. The summed E-state index contributed by atoms with van der Waals surface area (Å²) in [6.45, 7) is 6.59. The maximum atomic E-state index is 12.3. The molecule has 1 fully saturated rings. The summed E-state index contributed by atoms with van der Waals surface area (Å²) in [6.07, 6.45) is 2.44. The summed E-state index contributed by atoms with van der Waals surface area (Å²) in [4.78, 5) is 26.7. The van der Waals surface area contributed by atoms with Crippen molar-refractivity contribution < 1.29 is 14.3 Å². The second-order valence-corrected chi connectivity index (χ2v) is 7.38. The van der Waals surface area contributed by atoms with E-state index < -0.39 is 5.97 Å². The highest BCUT2D eigenvalue weighted by atomic mass is 16.5. The second-order valence-electron chi connectivity index (χ2n) is 7.38. The number of benzene rings is 2. The Kier molecular flexibility index (Phi) is 7.11. The molecule has 0 spiro atoms. The zero-order valence-electron chi connectivity index (χ0n) is 17.1. The number of piperidine rings is 1. The minimum absolute atomic E-state index is 0.0577. The third-order valence-corrected chi connectivity index (χ3v) is 5.16. The van der Waals surface area contributed by atoms with Crippen LogP contribution in [0.25, 0.3) is 0 Å². The first-order valence-corrected chi connectivity index (χ1v) is 10.2. The number of ether oxygens (including phenoxy) is 1. The Hall–Kier alpha value is -3.02. The molecular formula is C23H29N3O3. The van der Waals surface area contributed by atoms with E-state index in [1.54, 1.807) is 25.1 Å². The van der Waals surface area contributed by atoms with Gasteiger partial charge in [0.2, 0.25) is 5.91 Å². The average Bonchev–Trinajstić information content (AvgIpc) is 2.74. The van der Waals surface area contributed by atoms with E-state index in [9.17, 15) is 9.59 Å². The van der Waals surface area contributed by atoms with Gasteiger partial charge in [-0.2, -0.15) is 0 Å². The van der Waals surface area contributed by atoms with Crippen molar-refractivity contribution in [1.29, 1.82) is 0 Å². The van der Waals surface area contributed by atoms with Crippen LogP contribution >= 0.6 is 0 Å². The summed E-state index contributed by atoms with van der Waals surface area (Å²) in [7, 11) is 0. The lowest BCUT2D eigenvalue weighted by Gasteiger charge is -2.32. The number of hydrogen-bond donors (Lipinski definition) is 2. The van der Waals surface area contributed by atoms with Gasteiger partial charge in [0.15, 0.2) is 0 Å². The molecule has 3 rings (SSSR count). The van der Waals surface area contributed by atoms with Crippen molar-refractivity contribution in [3.8, 4) is 0 Å². The van der Waals surface area contributed by atoms with Gasteiger partial charge in [-0.25, -0.2) is 4.79 Å². The molecule has 0 radical (unpaired) electrons. The largest absolute Gasteiger partial charge is 0.462 e. The van der Waals surface area contributed by atoms with E-state index in [0.717, 1.165) is 24.7 Å². The first-order chi connectivity index (χ1) is 14.1. The van der Waals surface area contributed by atoms with Crippen molar-refractivity contribution >= 4 is 28.9 Å². The van der Waals surface area contributed by atoms with Crippen molar-refractivity contribution in [3.63, 3.8) is 0 Å². The Morgan fingerprint density at radius 3 is 2.45 bits per heavy atom. The zero-order chi connectivity index (χ0) is 20.6. The molecule has 0 aliphatic carbocycles. The van der Waals surface area contributed by atoms with Gasteiger partial charge in [0.25, 0.3) is 0 Å². The Bertz CT molecular complexity index is 828. The number of para-hydroxylation sites is 1. The third-order valence-electron chi connectivity index (χ3n) is 5.16. The number of carbonyl (C=O) groups excluding carboxylic acids is 2. The van der Waals surface area contributed by atoms with Crippen molar-refractivity contribution in [2.24, 2.45) is 5.92 Å². The van der Waals surface area contributed by atoms with Gasteiger partial charge < -0.3 is 20.3 Å². The molecule has 0 atom stereocenters. The molecule has 2 N–H and O–H groups in total. The molecule has 0 bridgehead atoms. The number of carbonyl (C=O) groups is 2. The molecular weight excluding hydrogens is 366 g/mol. The fraction of sp³-hybridized carbons (Fsp3) is 0.391. The molecule has 1 saturated heterocycles. The Labute approximate surface area is 172 Å². The van der Waals surface area contributed by atoms with E-state index >= 15 is 0 Å². The first-order valence-electron chi connectivity index (χ1n) is 10.2. The zero-order valence-corrected chi connectivity index (χ0v) is 17.1. The lowest BCUT2D eigenvalue weighted by Crippen LogP contribution is -2.32. The Morgan fingerprint density at radius 1 is 1.07 bits per heavy atom. The predicted octanol–water partition coefficient (Wildman–Crippen LogP) is 4.15. The number of amides is 1. The fourth-order valence-corrected chi connectivity index (χ4v) is 3.43. The van der Waals surface area contributed by atoms with Crippen molar-refractivity contribution in [2.45, 2.75) is 26.7 Å². The molecule has 1 aliphatic heterocycles. The van der Waals surface area contributed by atoms with Crippen molar-refractivity contribution in [3.05, 3.63) is 54.1 Å².